The maximum absolute atomic E-state index is 12.2. The number of hydrogen-bond donors (Lipinski definition) is 2. The van der Waals surface area contributed by atoms with Crippen molar-refractivity contribution in [3.05, 3.63) is 18.0 Å². The Balaban J connectivity index is 2.25. The minimum Gasteiger partial charge on any atom is -0.351 e. The van der Waals surface area contributed by atoms with Crippen LogP contribution in [0.2, 0.25) is 0 Å². The second-order valence-corrected chi connectivity index (χ2v) is 6.77. The van der Waals surface area contributed by atoms with Gasteiger partial charge in [0.2, 0.25) is 10.0 Å². The smallest absolute Gasteiger partial charge is 0.267 e. The van der Waals surface area contributed by atoms with Crippen LogP contribution in [0.3, 0.4) is 0 Å². The van der Waals surface area contributed by atoms with E-state index < -0.39 is 10.0 Å². The molecule has 0 atom stereocenters. The SMILES string of the molecule is CCCCNC(=O)c1cc(S(N)(=O)=O)cn1C1CCC1. The van der Waals surface area contributed by atoms with Crippen molar-refractivity contribution in [1.29, 1.82) is 0 Å². The fourth-order valence-corrected chi connectivity index (χ4v) is 2.76. The number of amides is 1. The van der Waals surface area contributed by atoms with Crippen LogP contribution in [0.5, 0.6) is 0 Å². The van der Waals surface area contributed by atoms with Crippen LogP contribution in [0.15, 0.2) is 17.2 Å². The van der Waals surface area contributed by atoms with Crippen molar-refractivity contribution in [2.45, 2.75) is 50.0 Å². The third-order valence-corrected chi connectivity index (χ3v) is 4.55. The summed E-state index contributed by atoms with van der Waals surface area (Å²) in [5.74, 6) is -0.236. The van der Waals surface area contributed by atoms with Gasteiger partial charge in [-0.2, -0.15) is 0 Å². The van der Waals surface area contributed by atoms with Gasteiger partial charge in [-0.15, -0.1) is 0 Å². The van der Waals surface area contributed by atoms with Crippen LogP contribution in [-0.4, -0.2) is 25.4 Å². The molecule has 0 spiro atoms. The van der Waals surface area contributed by atoms with E-state index in [-0.39, 0.29) is 16.8 Å². The summed E-state index contributed by atoms with van der Waals surface area (Å²) in [6, 6.07) is 1.58. The lowest BCUT2D eigenvalue weighted by molar-refractivity contribution is 0.0938. The van der Waals surface area contributed by atoms with Crippen molar-refractivity contribution in [2.75, 3.05) is 6.54 Å². The van der Waals surface area contributed by atoms with E-state index >= 15 is 0 Å². The van der Waals surface area contributed by atoms with E-state index in [1.165, 1.54) is 12.3 Å². The highest BCUT2D eigenvalue weighted by Gasteiger charge is 2.26. The first-order valence-electron chi connectivity index (χ1n) is 6.96. The summed E-state index contributed by atoms with van der Waals surface area (Å²) < 4.78 is 24.6. The zero-order chi connectivity index (χ0) is 14.8. The van der Waals surface area contributed by atoms with E-state index in [1.807, 2.05) is 6.92 Å². The molecular formula is C13H21N3O3S. The quantitative estimate of drug-likeness (QED) is 0.777. The molecule has 1 aromatic heterocycles. The second-order valence-electron chi connectivity index (χ2n) is 5.21. The Labute approximate surface area is 119 Å². The van der Waals surface area contributed by atoms with Crippen molar-refractivity contribution in [3.8, 4) is 0 Å². The van der Waals surface area contributed by atoms with Crippen molar-refractivity contribution in [3.63, 3.8) is 0 Å². The number of sulfonamides is 1. The lowest BCUT2D eigenvalue weighted by atomic mass is 9.93. The average Bonchev–Trinajstić information content (AvgIpc) is 2.71. The predicted octanol–water partition coefficient (Wildman–Crippen LogP) is 1.39. The number of primary sulfonamides is 1. The van der Waals surface area contributed by atoms with Crippen LogP contribution in [0, 0.1) is 0 Å². The van der Waals surface area contributed by atoms with Crippen molar-refractivity contribution >= 4 is 15.9 Å². The Kier molecular flexibility index (Phi) is 4.49. The Morgan fingerprint density at radius 2 is 2.20 bits per heavy atom. The molecule has 1 aromatic rings. The summed E-state index contributed by atoms with van der Waals surface area (Å²) in [6.07, 6.45) is 6.41. The van der Waals surface area contributed by atoms with E-state index in [0.29, 0.717) is 12.2 Å². The highest BCUT2D eigenvalue weighted by molar-refractivity contribution is 7.89. The topological polar surface area (TPSA) is 94.2 Å². The van der Waals surface area contributed by atoms with E-state index in [4.69, 9.17) is 5.14 Å². The molecule has 2 rings (SSSR count). The lowest BCUT2D eigenvalue weighted by Crippen LogP contribution is -2.29. The van der Waals surface area contributed by atoms with Crippen LogP contribution in [0.1, 0.15) is 55.6 Å². The van der Waals surface area contributed by atoms with Crippen LogP contribution in [-0.2, 0) is 10.0 Å². The summed E-state index contributed by atoms with van der Waals surface area (Å²) in [5.41, 5.74) is 0.384. The molecule has 1 amide bonds. The molecule has 1 fully saturated rings. The minimum atomic E-state index is -3.78. The maximum atomic E-state index is 12.2. The molecule has 7 heteroatoms. The van der Waals surface area contributed by atoms with Gasteiger partial charge in [0.05, 0.1) is 0 Å². The Morgan fingerprint density at radius 1 is 1.50 bits per heavy atom. The van der Waals surface area contributed by atoms with Gasteiger partial charge >= 0.3 is 0 Å². The number of aromatic nitrogens is 1. The van der Waals surface area contributed by atoms with Gasteiger partial charge < -0.3 is 9.88 Å². The summed E-state index contributed by atoms with van der Waals surface area (Å²) in [5, 5.41) is 7.96. The molecule has 1 heterocycles. The van der Waals surface area contributed by atoms with Gasteiger partial charge in [-0.3, -0.25) is 4.79 Å². The molecule has 0 radical (unpaired) electrons. The molecule has 0 aliphatic heterocycles. The zero-order valence-corrected chi connectivity index (χ0v) is 12.4. The number of carbonyl (C=O) groups excluding carboxylic acids is 1. The molecule has 3 N–H and O–H groups in total. The van der Waals surface area contributed by atoms with Gasteiger partial charge in [0.1, 0.15) is 10.6 Å². The molecular weight excluding hydrogens is 278 g/mol. The molecule has 1 aliphatic carbocycles. The number of unbranched alkanes of at least 4 members (excludes halogenated alkanes) is 1. The molecule has 6 nitrogen and oxygen atoms in total. The van der Waals surface area contributed by atoms with E-state index in [2.05, 4.69) is 5.32 Å². The first kappa shape index (κ1) is 15.1. The average molecular weight is 299 g/mol. The Morgan fingerprint density at radius 3 is 2.70 bits per heavy atom. The maximum Gasteiger partial charge on any atom is 0.267 e. The van der Waals surface area contributed by atoms with E-state index in [9.17, 15) is 13.2 Å². The molecule has 0 bridgehead atoms. The summed E-state index contributed by atoms with van der Waals surface area (Å²) in [4.78, 5) is 12.2. The lowest BCUT2D eigenvalue weighted by Gasteiger charge is -2.28. The van der Waals surface area contributed by atoms with Gasteiger partial charge in [-0.05, 0) is 31.7 Å². The van der Waals surface area contributed by atoms with Crippen LogP contribution < -0.4 is 10.5 Å². The fraction of sp³-hybridized carbons (Fsp3) is 0.615. The molecule has 0 aromatic carbocycles. The highest BCUT2D eigenvalue weighted by atomic mass is 32.2. The van der Waals surface area contributed by atoms with Gasteiger partial charge in [-0.1, -0.05) is 13.3 Å². The van der Waals surface area contributed by atoms with Crippen molar-refractivity contribution in [1.82, 2.24) is 9.88 Å². The predicted molar refractivity (Wildman–Crippen MR) is 75.9 cm³/mol. The van der Waals surface area contributed by atoms with Gasteiger partial charge in [0.25, 0.3) is 5.91 Å². The fourth-order valence-electron chi connectivity index (χ4n) is 2.23. The molecule has 1 saturated carbocycles. The first-order chi connectivity index (χ1) is 9.43. The molecule has 1 aliphatic rings. The number of hydrogen-bond acceptors (Lipinski definition) is 3. The molecule has 20 heavy (non-hydrogen) atoms. The summed E-state index contributed by atoms with van der Waals surface area (Å²) >= 11 is 0. The van der Waals surface area contributed by atoms with Crippen molar-refractivity contribution < 1.29 is 13.2 Å². The number of rotatable bonds is 6. The first-order valence-corrected chi connectivity index (χ1v) is 8.51. The summed E-state index contributed by atoms with van der Waals surface area (Å²) in [7, 11) is -3.78. The highest BCUT2D eigenvalue weighted by Crippen LogP contribution is 2.34. The molecule has 0 unspecified atom stereocenters. The Hall–Kier alpha value is -1.34. The third kappa shape index (κ3) is 3.21. The Bertz CT molecular complexity index is 588. The normalized spacial score (nSPS) is 15.9. The third-order valence-electron chi connectivity index (χ3n) is 3.67. The van der Waals surface area contributed by atoms with Crippen LogP contribution >= 0.6 is 0 Å². The molecule has 112 valence electrons. The molecule has 0 saturated heterocycles. The van der Waals surface area contributed by atoms with Gasteiger partial charge in [0, 0.05) is 18.8 Å². The van der Waals surface area contributed by atoms with Gasteiger partial charge in [-0.25, -0.2) is 13.6 Å². The number of nitrogens with two attached hydrogens (primary N) is 1. The largest absolute Gasteiger partial charge is 0.351 e. The van der Waals surface area contributed by atoms with Crippen LogP contribution in [0.25, 0.3) is 0 Å². The summed E-state index contributed by atoms with van der Waals surface area (Å²) in [6.45, 7) is 2.64. The number of nitrogens with one attached hydrogen (secondary N) is 1. The minimum absolute atomic E-state index is 0.00467. The van der Waals surface area contributed by atoms with Crippen molar-refractivity contribution in [2.24, 2.45) is 5.14 Å². The van der Waals surface area contributed by atoms with E-state index in [1.54, 1.807) is 4.57 Å². The number of carbonyl (C=O) groups is 1. The standard InChI is InChI=1S/C13H21N3O3S/c1-2-3-7-15-13(17)12-8-11(20(14,18)19)9-16(12)10-5-4-6-10/h8-10H,2-7H2,1H3,(H,15,17)(H2,14,18,19). The zero-order valence-electron chi connectivity index (χ0n) is 11.6. The van der Waals surface area contributed by atoms with E-state index in [0.717, 1.165) is 32.1 Å². The second kappa shape index (κ2) is 5.97. The number of nitrogens with zero attached hydrogens (tertiary/aromatic N) is 1. The monoisotopic (exact) mass is 299 g/mol. The van der Waals surface area contributed by atoms with Gasteiger partial charge in [0.15, 0.2) is 0 Å². The van der Waals surface area contributed by atoms with Crippen LogP contribution in [0.4, 0.5) is 0 Å².